The molecule has 3 fully saturated rings. The molecule has 2 heterocycles. The lowest BCUT2D eigenvalue weighted by atomic mass is 9.84. The summed E-state index contributed by atoms with van der Waals surface area (Å²) in [5, 5.41) is 8.55. The van der Waals surface area contributed by atoms with Crippen molar-refractivity contribution in [3.8, 4) is 0 Å². The molecule has 1 amide bonds. The summed E-state index contributed by atoms with van der Waals surface area (Å²) in [6.45, 7) is 4.51. The van der Waals surface area contributed by atoms with Gasteiger partial charge in [-0.05, 0) is 25.7 Å². The summed E-state index contributed by atoms with van der Waals surface area (Å²) in [5.74, 6) is 1.82. The normalized spacial score (nSPS) is 24.1. The Balaban J connectivity index is 1.31. The second-order valence-electron chi connectivity index (χ2n) is 7.68. The highest BCUT2D eigenvalue weighted by Gasteiger charge is 2.31. The first kappa shape index (κ1) is 16.1. The van der Waals surface area contributed by atoms with Crippen molar-refractivity contribution in [3.05, 3.63) is 12.2 Å². The van der Waals surface area contributed by atoms with Gasteiger partial charge in [0.1, 0.15) is 12.2 Å². The van der Waals surface area contributed by atoms with Gasteiger partial charge in [0, 0.05) is 38.1 Å². The van der Waals surface area contributed by atoms with Crippen LogP contribution in [0.3, 0.4) is 0 Å². The summed E-state index contributed by atoms with van der Waals surface area (Å²) in [6.07, 6.45) is 11.9. The SMILES string of the molecule is O=C(C1CCC1)N1CCN(Cc2nncn2C2CCCCC2)CC1. The van der Waals surface area contributed by atoms with E-state index in [0.29, 0.717) is 17.9 Å². The van der Waals surface area contributed by atoms with Crippen molar-refractivity contribution in [2.45, 2.75) is 64.0 Å². The molecule has 1 aromatic rings. The second-order valence-corrected chi connectivity index (χ2v) is 7.68. The number of carbonyl (C=O) groups excluding carboxylic acids is 1. The fourth-order valence-electron chi connectivity index (χ4n) is 4.28. The molecule has 0 spiro atoms. The molecule has 2 saturated carbocycles. The molecule has 1 aliphatic heterocycles. The molecule has 0 aromatic carbocycles. The lowest BCUT2D eigenvalue weighted by molar-refractivity contribution is -0.140. The quantitative estimate of drug-likeness (QED) is 0.849. The third-order valence-corrected chi connectivity index (χ3v) is 6.12. The first-order valence-electron chi connectivity index (χ1n) is 9.71. The summed E-state index contributed by atoms with van der Waals surface area (Å²) in [5.41, 5.74) is 0. The number of piperazine rings is 1. The smallest absolute Gasteiger partial charge is 0.225 e. The van der Waals surface area contributed by atoms with Crippen molar-refractivity contribution >= 4 is 5.91 Å². The molecule has 0 radical (unpaired) electrons. The Morgan fingerprint density at radius 2 is 1.75 bits per heavy atom. The first-order valence-corrected chi connectivity index (χ1v) is 9.71. The second kappa shape index (κ2) is 7.21. The molecule has 132 valence electrons. The van der Waals surface area contributed by atoms with E-state index >= 15 is 0 Å². The van der Waals surface area contributed by atoms with Crippen molar-refractivity contribution in [2.75, 3.05) is 26.2 Å². The average Bonchev–Trinajstić information content (AvgIpc) is 3.03. The molecule has 24 heavy (non-hydrogen) atoms. The van der Waals surface area contributed by atoms with E-state index in [4.69, 9.17) is 0 Å². The predicted molar refractivity (Wildman–Crippen MR) is 91.3 cm³/mol. The minimum atomic E-state index is 0.325. The van der Waals surface area contributed by atoms with Crippen LogP contribution in [0, 0.1) is 5.92 Å². The molecule has 2 aliphatic carbocycles. The van der Waals surface area contributed by atoms with Crippen molar-refractivity contribution < 1.29 is 4.79 Å². The van der Waals surface area contributed by atoms with E-state index in [-0.39, 0.29) is 0 Å². The fourth-order valence-corrected chi connectivity index (χ4v) is 4.28. The maximum Gasteiger partial charge on any atom is 0.225 e. The van der Waals surface area contributed by atoms with Gasteiger partial charge in [-0.1, -0.05) is 25.7 Å². The molecular formula is C18H29N5O. The van der Waals surface area contributed by atoms with E-state index in [0.717, 1.165) is 51.4 Å². The van der Waals surface area contributed by atoms with Gasteiger partial charge >= 0.3 is 0 Å². The Labute approximate surface area is 144 Å². The summed E-state index contributed by atoms with van der Waals surface area (Å²) in [6, 6.07) is 0.588. The molecule has 0 N–H and O–H groups in total. The largest absolute Gasteiger partial charge is 0.340 e. The summed E-state index contributed by atoms with van der Waals surface area (Å²) >= 11 is 0. The van der Waals surface area contributed by atoms with Crippen LogP contribution in [0.4, 0.5) is 0 Å². The number of hydrogen-bond acceptors (Lipinski definition) is 4. The molecule has 6 nitrogen and oxygen atoms in total. The monoisotopic (exact) mass is 331 g/mol. The van der Waals surface area contributed by atoms with E-state index in [1.165, 1.54) is 38.5 Å². The van der Waals surface area contributed by atoms with Gasteiger partial charge in [-0.2, -0.15) is 0 Å². The molecule has 6 heteroatoms. The van der Waals surface area contributed by atoms with E-state index < -0.39 is 0 Å². The Morgan fingerprint density at radius 1 is 1.00 bits per heavy atom. The lowest BCUT2D eigenvalue weighted by Crippen LogP contribution is -2.51. The Morgan fingerprint density at radius 3 is 2.42 bits per heavy atom. The molecular weight excluding hydrogens is 302 g/mol. The molecule has 1 saturated heterocycles. The van der Waals surface area contributed by atoms with Gasteiger partial charge in [0.25, 0.3) is 0 Å². The zero-order valence-electron chi connectivity index (χ0n) is 14.6. The highest BCUT2D eigenvalue weighted by molar-refractivity contribution is 5.79. The van der Waals surface area contributed by atoms with Crippen molar-refractivity contribution in [2.24, 2.45) is 5.92 Å². The Hall–Kier alpha value is -1.43. The fraction of sp³-hybridized carbons (Fsp3) is 0.833. The van der Waals surface area contributed by atoms with Crippen LogP contribution in [0.1, 0.15) is 63.2 Å². The highest BCUT2D eigenvalue weighted by atomic mass is 16.2. The molecule has 1 aromatic heterocycles. The van der Waals surface area contributed by atoms with Crippen LogP contribution in [-0.4, -0.2) is 56.7 Å². The Bertz CT molecular complexity index is 554. The number of nitrogens with zero attached hydrogens (tertiary/aromatic N) is 5. The van der Waals surface area contributed by atoms with Crippen LogP contribution in [0.2, 0.25) is 0 Å². The minimum Gasteiger partial charge on any atom is -0.340 e. The third-order valence-electron chi connectivity index (χ3n) is 6.12. The van der Waals surface area contributed by atoms with Gasteiger partial charge < -0.3 is 9.47 Å². The van der Waals surface area contributed by atoms with Gasteiger partial charge in [-0.15, -0.1) is 10.2 Å². The highest BCUT2D eigenvalue weighted by Crippen LogP contribution is 2.30. The van der Waals surface area contributed by atoms with Crippen LogP contribution in [-0.2, 0) is 11.3 Å². The van der Waals surface area contributed by atoms with Gasteiger partial charge in [-0.3, -0.25) is 9.69 Å². The summed E-state index contributed by atoms with van der Waals surface area (Å²) in [7, 11) is 0. The van der Waals surface area contributed by atoms with E-state index in [2.05, 4.69) is 24.6 Å². The maximum absolute atomic E-state index is 12.3. The lowest BCUT2D eigenvalue weighted by Gasteiger charge is -2.38. The number of rotatable bonds is 4. The molecule has 0 bridgehead atoms. The van der Waals surface area contributed by atoms with E-state index in [1.807, 2.05) is 6.33 Å². The molecule has 4 rings (SSSR count). The van der Waals surface area contributed by atoms with Crippen LogP contribution < -0.4 is 0 Å². The summed E-state index contributed by atoms with van der Waals surface area (Å²) in [4.78, 5) is 16.8. The van der Waals surface area contributed by atoms with E-state index in [1.54, 1.807) is 0 Å². The third kappa shape index (κ3) is 3.34. The van der Waals surface area contributed by atoms with Crippen molar-refractivity contribution in [3.63, 3.8) is 0 Å². The predicted octanol–water partition coefficient (Wildman–Crippen LogP) is 2.23. The van der Waals surface area contributed by atoms with Gasteiger partial charge in [0.2, 0.25) is 5.91 Å². The van der Waals surface area contributed by atoms with Crippen LogP contribution in [0.25, 0.3) is 0 Å². The molecule has 0 unspecified atom stereocenters. The zero-order valence-corrected chi connectivity index (χ0v) is 14.6. The van der Waals surface area contributed by atoms with Crippen LogP contribution >= 0.6 is 0 Å². The van der Waals surface area contributed by atoms with Gasteiger partial charge in [-0.25, -0.2) is 0 Å². The average molecular weight is 331 g/mol. The van der Waals surface area contributed by atoms with E-state index in [9.17, 15) is 4.79 Å². The molecule has 0 atom stereocenters. The first-order chi connectivity index (χ1) is 11.8. The Kier molecular flexibility index (Phi) is 4.83. The van der Waals surface area contributed by atoms with Crippen LogP contribution in [0.15, 0.2) is 6.33 Å². The van der Waals surface area contributed by atoms with Crippen LogP contribution in [0.5, 0.6) is 0 Å². The maximum atomic E-state index is 12.3. The minimum absolute atomic E-state index is 0.325. The number of carbonyl (C=O) groups is 1. The number of hydrogen-bond donors (Lipinski definition) is 0. The van der Waals surface area contributed by atoms with Crippen molar-refractivity contribution in [1.29, 1.82) is 0 Å². The summed E-state index contributed by atoms with van der Waals surface area (Å²) < 4.78 is 2.31. The standard InChI is InChI=1S/C18H29N5O/c24-18(15-5-4-6-15)22-11-9-21(10-12-22)13-17-20-19-14-23(17)16-7-2-1-3-8-16/h14-16H,1-13H2. The number of amides is 1. The molecule has 3 aliphatic rings. The topological polar surface area (TPSA) is 54.3 Å². The zero-order chi connectivity index (χ0) is 16.4. The van der Waals surface area contributed by atoms with Gasteiger partial charge in [0.15, 0.2) is 0 Å². The number of aromatic nitrogens is 3. The van der Waals surface area contributed by atoms with Crippen molar-refractivity contribution in [1.82, 2.24) is 24.6 Å². The van der Waals surface area contributed by atoms with Gasteiger partial charge in [0.05, 0.1) is 6.54 Å².